The number of carbonyl (C=O) groups is 1. The third-order valence-electron chi connectivity index (χ3n) is 2.26. The summed E-state index contributed by atoms with van der Waals surface area (Å²) < 4.78 is 4.74. The van der Waals surface area contributed by atoms with Crippen LogP contribution in [0.4, 0.5) is 0 Å². The van der Waals surface area contributed by atoms with E-state index in [2.05, 4.69) is 22.9 Å². The van der Waals surface area contributed by atoms with Gasteiger partial charge in [0.1, 0.15) is 4.32 Å². The SMILES string of the molecule is CCCCCCC(C)OC(=O)C(C)(C)Br. The van der Waals surface area contributed by atoms with E-state index >= 15 is 0 Å². The smallest absolute Gasteiger partial charge is 0.322 e. The second-order valence-electron chi connectivity index (χ2n) is 4.54. The summed E-state index contributed by atoms with van der Waals surface area (Å²) in [5.41, 5.74) is 0. The lowest BCUT2D eigenvalue weighted by molar-refractivity contribution is -0.150. The predicted molar refractivity (Wildman–Crippen MR) is 67.3 cm³/mol. The van der Waals surface area contributed by atoms with Crippen molar-refractivity contribution in [2.24, 2.45) is 0 Å². The van der Waals surface area contributed by atoms with Crippen LogP contribution in [-0.2, 0) is 9.53 Å². The molecule has 0 fully saturated rings. The first-order chi connectivity index (χ1) is 6.88. The molecule has 0 saturated heterocycles. The Morgan fingerprint density at radius 2 is 1.93 bits per heavy atom. The number of carbonyl (C=O) groups excluding carboxylic acids is 1. The summed E-state index contributed by atoms with van der Waals surface area (Å²) in [6.45, 7) is 7.76. The molecule has 0 bridgehead atoms. The molecule has 0 aliphatic rings. The molecule has 3 heteroatoms. The second kappa shape index (κ2) is 7.26. The van der Waals surface area contributed by atoms with Gasteiger partial charge in [0.2, 0.25) is 0 Å². The van der Waals surface area contributed by atoms with Crippen molar-refractivity contribution in [3.63, 3.8) is 0 Å². The minimum Gasteiger partial charge on any atom is -0.462 e. The summed E-state index contributed by atoms with van der Waals surface area (Å²) in [7, 11) is 0. The topological polar surface area (TPSA) is 26.3 Å². The summed E-state index contributed by atoms with van der Waals surface area (Å²) >= 11 is 3.29. The molecule has 2 nitrogen and oxygen atoms in total. The van der Waals surface area contributed by atoms with E-state index in [1.54, 1.807) is 13.8 Å². The molecule has 90 valence electrons. The Kier molecular flexibility index (Phi) is 7.24. The molecule has 0 radical (unpaired) electrons. The number of hydrogen-bond acceptors (Lipinski definition) is 2. The van der Waals surface area contributed by atoms with E-state index in [0.29, 0.717) is 0 Å². The van der Waals surface area contributed by atoms with Crippen molar-refractivity contribution in [2.45, 2.75) is 70.2 Å². The molecule has 0 rings (SSSR count). The van der Waals surface area contributed by atoms with E-state index in [4.69, 9.17) is 4.74 Å². The Labute approximate surface area is 102 Å². The zero-order valence-electron chi connectivity index (χ0n) is 10.3. The molecule has 15 heavy (non-hydrogen) atoms. The van der Waals surface area contributed by atoms with Crippen LogP contribution >= 0.6 is 15.9 Å². The molecular formula is C12H23BrO2. The van der Waals surface area contributed by atoms with Gasteiger partial charge in [-0.25, -0.2) is 0 Å². The van der Waals surface area contributed by atoms with Crippen molar-refractivity contribution >= 4 is 21.9 Å². The Bertz CT molecular complexity index is 185. The number of ether oxygens (including phenoxy) is 1. The van der Waals surface area contributed by atoms with Gasteiger partial charge in [-0.15, -0.1) is 0 Å². The van der Waals surface area contributed by atoms with Crippen LogP contribution in [-0.4, -0.2) is 16.4 Å². The van der Waals surface area contributed by atoms with Gasteiger partial charge >= 0.3 is 5.97 Å². The van der Waals surface area contributed by atoms with Crippen LogP contribution in [0.2, 0.25) is 0 Å². The molecule has 0 amide bonds. The van der Waals surface area contributed by atoms with Gasteiger partial charge in [0, 0.05) is 0 Å². The van der Waals surface area contributed by atoms with Crippen LogP contribution in [0.5, 0.6) is 0 Å². The number of rotatable bonds is 7. The van der Waals surface area contributed by atoms with E-state index in [0.717, 1.165) is 12.8 Å². The van der Waals surface area contributed by atoms with E-state index in [9.17, 15) is 4.79 Å². The fraction of sp³-hybridized carbons (Fsp3) is 0.917. The van der Waals surface area contributed by atoms with Crippen molar-refractivity contribution in [1.82, 2.24) is 0 Å². The fourth-order valence-electron chi connectivity index (χ4n) is 1.24. The first kappa shape index (κ1) is 14.9. The Balaban J connectivity index is 3.65. The molecule has 0 N–H and O–H groups in total. The molecular weight excluding hydrogens is 256 g/mol. The van der Waals surface area contributed by atoms with E-state index in [1.165, 1.54) is 19.3 Å². The summed E-state index contributed by atoms with van der Waals surface area (Å²) in [5.74, 6) is -0.175. The molecule has 1 unspecified atom stereocenters. The quantitative estimate of drug-likeness (QED) is 0.399. The van der Waals surface area contributed by atoms with Crippen LogP contribution in [0, 0.1) is 0 Å². The standard InChI is InChI=1S/C12H23BrO2/c1-5-6-7-8-9-10(2)15-11(14)12(3,4)13/h10H,5-9H2,1-4H3. The monoisotopic (exact) mass is 278 g/mol. The van der Waals surface area contributed by atoms with Crippen LogP contribution in [0.3, 0.4) is 0 Å². The molecule has 0 aliphatic heterocycles. The molecule has 0 aromatic carbocycles. The third kappa shape index (κ3) is 7.83. The van der Waals surface area contributed by atoms with Crippen LogP contribution in [0.15, 0.2) is 0 Å². The largest absolute Gasteiger partial charge is 0.462 e. The van der Waals surface area contributed by atoms with Gasteiger partial charge in [-0.3, -0.25) is 4.79 Å². The van der Waals surface area contributed by atoms with Gasteiger partial charge in [0.25, 0.3) is 0 Å². The first-order valence-electron chi connectivity index (χ1n) is 5.78. The van der Waals surface area contributed by atoms with Crippen LogP contribution in [0.25, 0.3) is 0 Å². The number of esters is 1. The van der Waals surface area contributed by atoms with Crippen molar-refractivity contribution in [3.8, 4) is 0 Å². The van der Waals surface area contributed by atoms with Gasteiger partial charge in [-0.05, 0) is 33.6 Å². The van der Waals surface area contributed by atoms with Gasteiger partial charge in [-0.2, -0.15) is 0 Å². The number of unbranched alkanes of at least 4 members (excludes halogenated alkanes) is 3. The average Bonchev–Trinajstić information content (AvgIpc) is 2.11. The highest BCUT2D eigenvalue weighted by Crippen LogP contribution is 2.19. The summed E-state index contributed by atoms with van der Waals surface area (Å²) in [6.07, 6.45) is 5.88. The molecule has 0 spiro atoms. The molecule has 0 saturated carbocycles. The van der Waals surface area contributed by atoms with Gasteiger partial charge in [0.05, 0.1) is 6.10 Å². The number of hydrogen-bond donors (Lipinski definition) is 0. The van der Waals surface area contributed by atoms with E-state index < -0.39 is 4.32 Å². The molecule has 0 aliphatic carbocycles. The lowest BCUT2D eigenvalue weighted by Gasteiger charge is -2.19. The van der Waals surface area contributed by atoms with Crippen molar-refractivity contribution < 1.29 is 9.53 Å². The Hall–Kier alpha value is -0.0500. The minimum absolute atomic E-state index is 0.0335. The van der Waals surface area contributed by atoms with Crippen molar-refractivity contribution in [3.05, 3.63) is 0 Å². The Morgan fingerprint density at radius 1 is 1.33 bits per heavy atom. The zero-order chi connectivity index (χ0) is 11.9. The summed E-state index contributed by atoms with van der Waals surface area (Å²) in [6, 6.07) is 0. The average molecular weight is 279 g/mol. The van der Waals surface area contributed by atoms with Gasteiger partial charge < -0.3 is 4.74 Å². The van der Waals surface area contributed by atoms with Gasteiger partial charge in [0.15, 0.2) is 0 Å². The minimum atomic E-state index is -0.565. The molecule has 1 atom stereocenters. The summed E-state index contributed by atoms with van der Waals surface area (Å²) in [5, 5.41) is 0. The maximum Gasteiger partial charge on any atom is 0.322 e. The van der Waals surface area contributed by atoms with Crippen molar-refractivity contribution in [2.75, 3.05) is 0 Å². The zero-order valence-corrected chi connectivity index (χ0v) is 11.9. The maximum atomic E-state index is 11.5. The maximum absolute atomic E-state index is 11.5. The Morgan fingerprint density at radius 3 is 2.40 bits per heavy atom. The van der Waals surface area contributed by atoms with E-state index in [1.807, 2.05) is 6.92 Å². The first-order valence-corrected chi connectivity index (χ1v) is 6.57. The van der Waals surface area contributed by atoms with Crippen LogP contribution < -0.4 is 0 Å². The number of halogens is 1. The normalized spacial score (nSPS) is 13.7. The predicted octanol–water partition coefficient (Wildman–Crippen LogP) is 4.06. The van der Waals surface area contributed by atoms with Crippen molar-refractivity contribution in [1.29, 1.82) is 0 Å². The van der Waals surface area contributed by atoms with Gasteiger partial charge in [-0.1, -0.05) is 42.1 Å². The summed E-state index contributed by atoms with van der Waals surface area (Å²) in [4.78, 5) is 11.5. The molecule has 0 aromatic heterocycles. The van der Waals surface area contributed by atoms with E-state index in [-0.39, 0.29) is 12.1 Å². The molecule has 0 aromatic rings. The highest BCUT2D eigenvalue weighted by atomic mass is 79.9. The molecule has 0 heterocycles. The van der Waals surface area contributed by atoms with Crippen LogP contribution in [0.1, 0.15) is 59.8 Å². The highest BCUT2D eigenvalue weighted by molar-refractivity contribution is 9.10. The highest BCUT2D eigenvalue weighted by Gasteiger charge is 2.26. The number of alkyl halides is 1. The third-order valence-corrected chi connectivity index (χ3v) is 2.58. The lowest BCUT2D eigenvalue weighted by atomic mass is 10.1. The lowest BCUT2D eigenvalue weighted by Crippen LogP contribution is -2.29. The fourth-order valence-corrected chi connectivity index (χ4v) is 1.33. The second-order valence-corrected chi connectivity index (χ2v) is 6.52.